The molecule has 1 aromatic rings. The third-order valence-corrected chi connectivity index (χ3v) is 4.73. The number of benzene rings is 1. The molecule has 1 fully saturated rings. The fraction of sp³-hybridized carbons (Fsp3) is 0.667. The Labute approximate surface area is 128 Å². The van der Waals surface area contributed by atoms with Crippen molar-refractivity contribution in [3.8, 4) is 5.75 Å². The first-order valence-corrected chi connectivity index (χ1v) is 8.23. The van der Waals surface area contributed by atoms with Crippen molar-refractivity contribution in [2.24, 2.45) is 5.92 Å². The highest BCUT2D eigenvalue weighted by atomic mass is 19.1. The van der Waals surface area contributed by atoms with Crippen LogP contribution in [0.1, 0.15) is 50.5 Å². The van der Waals surface area contributed by atoms with Crippen LogP contribution >= 0.6 is 0 Å². The van der Waals surface area contributed by atoms with E-state index in [2.05, 4.69) is 5.32 Å². The van der Waals surface area contributed by atoms with E-state index in [1.807, 2.05) is 19.2 Å². The van der Waals surface area contributed by atoms with Crippen molar-refractivity contribution in [3.05, 3.63) is 29.6 Å². The molecule has 1 atom stereocenters. The summed E-state index contributed by atoms with van der Waals surface area (Å²) in [5, 5.41) is 3.38. The van der Waals surface area contributed by atoms with E-state index in [1.165, 1.54) is 45.6 Å². The molecule has 21 heavy (non-hydrogen) atoms. The van der Waals surface area contributed by atoms with E-state index in [1.54, 1.807) is 6.07 Å². The Balaban J connectivity index is 1.98. The maximum absolute atomic E-state index is 14.3. The van der Waals surface area contributed by atoms with E-state index in [4.69, 9.17) is 4.74 Å². The fourth-order valence-electron chi connectivity index (χ4n) is 3.44. The molecule has 2 rings (SSSR count). The normalized spacial score (nSPS) is 18.2. The van der Waals surface area contributed by atoms with Gasteiger partial charge in [-0.1, -0.05) is 50.7 Å². The predicted molar refractivity (Wildman–Crippen MR) is 85.3 cm³/mol. The SMILES string of the molecule is CNC(Cc1cccc(OC)c1F)CC1CCCCCC1. The van der Waals surface area contributed by atoms with E-state index >= 15 is 0 Å². The van der Waals surface area contributed by atoms with Gasteiger partial charge in [-0.2, -0.15) is 0 Å². The highest BCUT2D eigenvalue weighted by Gasteiger charge is 2.19. The second kappa shape index (κ2) is 8.38. The highest BCUT2D eigenvalue weighted by molar-refractivity contribution is 5.31. The zero-order valence-corrected chi connectivity index (χ0v) is 13.3. The quantitative estimate of drug-likeness (QED) is 0.788. The lowest BCUT2D eigenvalue weighted by Crippen LogP contribution is -2.30. The number of nitrogens with one attached hydrogen (secondary N) is 1. The van der Waals surface area contributed by atoms with Crippen molar-refractivity contribution in [1.82, 2.24) is 5.32 Å². The summed E-state index contributed by atoms with van der Waals surface area (Å²) in [6.45, 7) is 0. The summed E-state index contributed by atoms with van der Waals surface area (Å²) in [5.74, 6) is 0.927. The van der Waals surface area contributed by atoms with Crippen molar-refractivity contribution in [3.63, 3.8) is 0 Å². The minimum absolute atomic E-state index is 0.207. The van der Waals surface area contributed by atoms with Crippen LogP contribution in [0.5, 0.6) is 5.75 Å². The third kappa shape index (κ3) is 4.70. The molecule has 118 valence electrons. The second-order valence-corrected chi connectivity index (χ2v) is 6.22. The van der Waals surface area contributed by atoms with Crippen LogP contribution in [0.3, 0.4) is 0 Å². The number of ether oxygens (including phenoxy) is 1. The van der Waals surface area contributed by atoms with Crippen LogP contribution in [0, 0.1) is 11.7 Å². The largest absolute Gasteiger partial charge is 0.494 e. The van der Waals surface area contributed by atoms with Gasteiger partial charge in [-0.3, -0.25) is 0 Å². The molecule has 1 saturated carbocycles. The summed E-state index contributed by atoms with van der Waals surface area (Å²) in [7, 11) is 3.50. The molecule has 0 saturated heterocycles. The van der Waals surface area contributed by atoms with E-state index in [0.717, 1.165) is 24.3 Å². The summed E-state index contributed by atoms with van der Waals surface area (Å²) in [4.78, 5) is 0. The number of rotatable bonds is 6. The molecule has 0 spiro atoms. The molecule has 1 aromatic carbocycles. The monoisotopic (exact) mass is 293 g/mol. The summed E-state index contributed by atoms with van der Waals surface area (Å²) in [6.07, 6.45) is 10.0. The Morgan fingerprint density at radius 3 is 2.57 bits per heavy atom. The lowest BCUT2D eigenvalue weighted by Gasteiger charge is -2.23. The molecule has 0 aromatic heterocycles. The Hall–Kier alpha value is -1.09. The molecule has 1 N–H and O–H groups in total. The minimum atomic E-state index is -0.207. The van der Waals surface area contributed by atoms with Crippen LogP contribution in [0.4, 0.5) is 4.39 Å². The van der Waals surface area contributed by atoms with Gasteiger partial charge in [0.05, 0.1) is 7.11 Å². The number of methoxy groups -OCH3 is 1. The molecule has 0 heterocycles. The van der Waals surface area contributed by atoms with Gasteiger partial charge in [-0.25, -0.2) is 4.39 Å². The number of likely N-dealkylation sites (N-methyl/N-ethyl adjacent to an activating group) is 1. The summed E-state index contributed by atoms with van der Waals surface area (Å²) in [5.41, 5.74) is 0.752. The van der Waals surface area contributed by atoms with Crippen LogP contribution in [0.25, 0.3) is 0 Å². The van der Waals surface area contributed by atoms with Crippen LogP contribution in [-0.4, -0.2) is 20.2 Å². The van der Waals surface area contributed by atoms with E-state index < -0.39 is 0 Å². The number of hydrogen-bond acceptors (Lipinski definition) is 2. The van der Waals surface area contributed by atoms with Crippen LogP contribution in [-0.2, 0) is 6.42 Å². The van der Waals surface area contributed by atoms with E-state index in [-0.39, 0.29) is 5.82 Å². The lowest BCUT2D eigenvalue weighted by atomic mass is 9.90. The Kier molecular flexibility index (Phi) is 6.50. The Morgan fingerprint density at radius 2 is 1.95 bits per heavy atom. The third-order valence-electron chi connectivity index (χ3n) is 4.73. The Bertz CT molecular complexity index is 427. The van der Waals surface area contributed by atoms with Gasteiger partial charge in [0.15, 0.2) is 11.6 Å². The highest BCUT2D eigenvalue weighted by Crippen LogP contribution is 2.28. The summed E-state index contributed by atoms with van der Waals surface area (Å²) >= 11 is 0. The first-order chi connectivity index (χ1) is 10.2. The minimum Gasteiger partial charge on any atom is -0.494 e. The van der Waals surface area contributed by atoms with Crippen molar-refractivity contribution in [2.75, 3.05) is 14.2 Å². The summed E-state index contributed by atoms with van der Waals surface area (Å²) < 4.78 is 19.3. The molecule has 0 amide bonds. The molecule has 1 unspecified atom stereocenters. The van der Waals surface area contributed by atoms with Gasteiger partial charge in [-0.05, 0) is 37.4 Å². The van der Waals surface area contributed by atoms with Crippen molar-refractivity contribution in [1.29, 1.82) is 0 Å². The first-order valence-electron chi connectivity index (χ1n) is 8.23. The van der Waals surface area contributed by atoms with Crippen LogP contribution < -0.4 is 10.1 Å². The molecule has 1 aliphatic rings. The second-order valence-electron chi connectivity index (χ2n) is 6.22. The molecule has 3 heteroatoms. The molecule has 1 aliphatic carbocycles. The fourth-order valence-corrected chi connectivity index (χ4v) is 3.44. The van der Waals surface area contributed by atoms with Gasteiger partial charge in [0, 0.05) is 6.04 Å². The van der Waals surface area contributed by atoms with Gasteiger partial charge >= 0.3 is 0 Å². The molecule has 0 aliphatic heterocycles. The molecule has 0 bridgehead atoms. The molecular weight excluding hydrogens is 265 g/mol. The number of hydrogen-bond donors (Lipinski definition) is 1. The van der Waals surface area contributed by atoms with Crippen LogP contribution in [0.2, 0.25) is 0 Å². The smallest absolute Gasteiger partial charge is 0.168 e. The zero-order chi connectivity index (χ0) is 15.1. The zero-order valence-electron chi connectivity index (χ0n) is 13.3. The summed E-state index contributed by atoms with van der Waals surface area (Å²) in [6, 6.07) is 5.76. The lowest BCUT2D eigenvalue weighted by molar-refractivity contribution is 0.354. The van der Waals surface area contributed by atoms with Gasteiger partial charge < -0.3 is 10.1 Å². The average molecular weight is 293 g/mol. The van der Waals surface area contributed by atoms with Crippen molar-refractivity contribution in [2.45, 2.75) is 57.4 Å². The van der Waals surface area contributed by atoms with Gasteiger partial charge in [-0.15, -0.1) is 0 Å². The molecule has 0 radical (unpaired) electrons. The molecule has 2 nitrogen and oxygen atoms in total. The topological polar surface area (TPSA) is 21.3 Å². The Morgan fingerprint density at radius 1 is 1.24 bits per heavy atom. The van der Waals surface area contributed by atoms with Crippen molar-refractivity contribution < 1.29 is 9.13 Å². The molecular formula is C18H28FNO. The van der Waals surface area contributed by atoms with Crippen molar-refractivity contribution >= 4 is 0 Å². The van der Waals surface area contributed by atoms with E-state index in [0.29, 0.717) is 11.8 Å². The maximum Gasteiger partial charge on any atom is 0.168 e. The predicted octanol–water partition coefficient (Wildman–Crippen LogP) is 4.33. The van der Waals surface area contributed by atoms with Gasteiger partial charge in [0.25, 0.3) is 0 Å². The van der Waals surface area contributed by atoms with Crippen LogP contribution in [0.15, 0.2) is 18.2 Å². The van der Waals surface area contributed by atoms with Gasteiger partial charge in [0.1, 0.15) is 0 Å². The maximum atomic E-state index is 14.3. The first kappa shape index (κ1) is 16.3. The standard InChI is InChI=1S/C18H28FNO/c1-20-16(12-14-8-5-3-4-6-9-14)13-15-10-7-11-17(21-2)18(15)19/h7,10-11,14,16,20H,3-6,8-9,12-13H2,1-2H3. The van der Waals surface area contributed by atoms with E-state index in [9.17, 15) is 4.39 Å². The number of halogens is 1. The van der Waals surface area contributed by atoms with Gasteiger partial charge in [0.2, 0.25) is 0 Å². The average Bonchev–Trinajstić information content (AvgIpc) is 2.77.